The second-order valence-electron chi connectivity index (χ2n) is 2.22. The minimum absolute atomic E-state index is 0.384. The van der Waals surface area contributed by atoms with E-state index >= 15 is 0 Å². The summed E-state index contributed by atoms with van der Waals surface area (Å²) in [5.74, 6) is 0.384. The third kappa shape index (κ3) is 1.04. The molecule has 48 valence electrons. The molecule has 0 aromatic heterocycles. The number of aromatic hydroxyl groups is 1. The van der Waals surface area contributed by atoms with Crippen LogP contribution in [-0.4, -0.2) is 5.11 Å². The summed E-state index contributed by atoms with van der Waals surface area (Å²) < 4.78 is 0. The zero-order valence-electron chi connectivity index (χ0n) is 5.68. The summed E-state index contributed by atoms with van der Waals surface area (Å²) in [5, 5.41) is 9.10. The quantitative estimate of drug-likeness (QED) is 0.527. The third-order valence-electron chi connectivity index (χ3n) is 1.58. The molecular formula is C8H10O. The number of aryl methyl sites for hydroxylation is 1. The lowest BCUT2D eigenvalue weighted by atomic mass is 10.4. The van der Waals surface area contributed by atoms with Gasteiger partial charge in [0.2, 0.25) is 0 Å². The van der Waals surface area contributed by atoms with Crippen molar-refractivity contribution in [1.82, 2.24) is 0 Å². The lowest BCUT2D eigenvalue weighted by molar-refractivity contribution is 0.470. The summed E-state index contributed by atoms with van der Waals surface area (Å²) in [4.78, 5) is 0. The Kier molecular flexibility index (Phi) is 1.43. The lowest BCUT2D eigenvalue weighted by Gasteiger charge is -1.99. The summed E-state index contributed by atoms with van der Waals surface area (Å²) in [7, 11) is 0. The Labute approximate surface area is 55.0 Å². The van der Waals surface area contributed by atoms with Crippen LogP contribution in [0.1, 0.15) is 11.1 Å². The topological polar surface area (TPSA) is 20.2 Å². The molecule has 1 aromatic rings. The van der Waals surface area contributed by atoms with Crippen LogP contribution in [0.2, 0.25) is 0 Å². The Bertz CT molecular complexity index is 196. The fourth-order valence-corrected chi connectivity index (χ4v) is 0.736. The van der Waals surface area contributed by atoms with E-state index in [0.717, 1.165) is 11.1 Å². The van der Waals surface area contributed by atoms with Crippen LogP contribution in [0.3, 0.4) is 0 Å². The molecule has 0 amide bonds. The highest BCUT2D eigenvalue weighted by Gasteiger charge is 1.94. The normalized spacial score (nSPS) is 9.56. The minimum atomic E-state index is 0.384. The Hall–Kier alpha value is -0.980. The first-order valence-corrected chi connectivity index (χ1v) is 2.97. The Balaban J connectivity index is 3.25. The molecule has 1 nitrogen and oxygen atoms in total. The maximum atomic E-state index is 9.10. The van der Waals surface area contributed by atoms with Gasteiger partial charge >= 0.3 is 0 Å². The van der Waals surface area contributed by atoms with Crippen molar-refractivity contribution in [2.75, 3.05) is 0 Å². The van der Waals surface area contributed by atoms with Crippen LogP contribution < -0.4 is 0 Å². The SMILES string of the molecule is Cc1cc[13cH][13c](O)[13c]1[13CH3]. The number of rotatable bonds is 0. The van der Waals surface area contributed by atoms with E-state index in [1.807, 2.05) is 26.0 Å². The van der Waals surface area contributed by atoms with Gasteiger partial charge in [0.1, 0.15) is 5.75 Å². The van der Waals surface area contributed by atoms with E-state index in [9.17, 15) is 0 Å². The fraction of sp³-hybridized carbons (Fsp3) is 0.250. The number of phenols is 1. The summed E-state index contributed by atoms with van der Waals surface area (Å²) in [6.07, 6.45) is 0. The highest BCUT2D eigenvalue weighted by Crippen LogP contribution is 2.17. The smallest absolute Gasteiger partial charge is 0.118 e. The predicted molar refractivity (Wildman–Crippen MR) is 37.6 cm³/mol. The molecule has 1 heteroatoms. The number of benzene rings is 1. The van der Waals surface area contributed by atoms with Crippen molar-refractivity contribution in [1.29, 1.82) is 0 Å². The van der Waals surface area contributed by atoms with Gasteiger partial charge in [0, 0.05) is 0 Å². The van der Waals surface area contributed by atoms with Crippen LogP contribution in [0, 0.1) is 13.8 Å². The van der Waals surface area contributed by atoms with Crippen molar-refractivity contribution in [3.8, 4) is 5.75 Å². The molecule has 0 aliphatic heterocycles. The van der Waals surface area contributed by atoms with Crippen LogP contribution in [0.25, 0.3) is 0 Å². The van der Waals surface area contributed by atoms with Crippen molar-refractivity contribution >= 4 is 0 Å². The summed E-state index contributed by atoms with van der Waals surface area (Å²) in [6.45, 7) is 3.89. The molecule has 0 fully saturated rings. The van der Waals surface area contributed by atoms with E-state index in [0.29, 0.717) is 5.75 Å². The maximum absolute atomic E-state index is 9.10. The average Bonchev–Trinajstić information content (AvgIpc) is 1.83. The van der Waals surface area contributed by atoms with Gasteiger partial charge in [-0.25, -0.2) is 0 Å². The Morgan fingerprint density at radius 2 is 1.89 bits per heavy atom. The average molecular weight is 126 g/mol. The monoisotopic (exact) mass is 126 g/mol. The second-order valence-corrected chi connectivity index (χ2v) is 2.22. The van der Waals surface area contributed by atoms with E-state index in [4.69, 9.17) is 5.11 Å². The van der Waals surface area contributed by atoms with E-state index in [1.54, 1.807) is 6.07 Å². The van der Waals surface area contributed by atoms with Crippen LogP contribution >= 0.6 is 0 Å². The first-order valence-electron chi connectivity index (χ1n) is 2.97. The molecule has 0 heterocycles. The molecule has 0 bridgehead atoms. The zero-order valence-corrected chi connectivity index (χ0v) is 5.68. The largest absolute Gasteiger partial charge is 0.508 e. The molecule has 0 saturated carbocycles. The molecular weight excluding hydrogens is 116 g/mol. The molecule has 0 atom stereocenters. The maximum Gasteiger partial charge on any atom is 0.118 e. The molecule has 1 N–H and O–H groups in total. The van der Waals surface area contributed by atoms with Gasteiger partial charge in [-0.2, -0.15) is 0 Å². The Morgan fingerprint density at radius 3 is 2.33 bits per heavy atom. The molecule has 0 unspecified atom stereocenters. The van der Waals surface area contributed by atoms with Crippen LogP contribution in [0.5, 0.6) is 5.75 Å². The van der Waals surface area contributed by atoms with Crippen molar-refractivity contribution in [3.05, 3.63) is 29.3 Å². The third-order valence-corrected chi connectivity index (χ3v) is 1.58. The highest BCUT2D eigenvalue weighted by molar-refractivity contribution is 5.36. The summed E-state index contributed by atoms with van der Waals surface area (Å²) in [5.41, 5.74) is 2.10. The van der Waals surface area contributed by atoms with Crippen LogP contribution in [0.15, 0.2) is 18.2 Å². The lowest BCUT2D eigenvalue weighted by Crippen LogP contribution is -1.78. The number of hydrogen-bond donors (Lipinski definition) is 1. The van der Waals surface area contributed by atoms with Crippen molar-refractivity contribution in [3.63, 3.8) is 0 Å². The minimum Gasteiger partial charge on any atom is -0.508 e. The molecule has 1 aromatic carbocycles. The van der Waals surface area contributed by atoms with Gasteiger partial charge in [-0.05, 0) is 31.0 Å². The van der Waals surface area contributed by atoms with Gasteiger partial charge in [-0.1, -0.05) is 12.1 Å². The van der Waals surface area contributed by atoms with E-state index in [-0.39, 0.29) is 0 Å². The predicted octanol–water partition coefficient (Wildman–Crippen LogP) is 2.01. The van der Waals surface area contributed by atoms with Gasteiger partial charge in [0.25, 0.3) is 0 Å². The molecule has 9 heavy (non-hydrogen) atoms. The Morgan fingerprint density at radius 1 is 1.22 bits per heavy atom. The number of phenolic OH excluding ortho intramolecular Hbond substituents is 1. The first-order chi connectivity index (χ1) is 4.22. The highest BCUT2D eigenvalue weighted by atomic mass is 16.3. The zero-order chi connectivity index (χ0) is 6.85. The second kappa shape index (κ2) is 2.09. The molecule has 1 rings (SSSR count). The molecule has 0 aliphatic rings. The standard InChI is InChI=1S/C8H10O/c1-6-4-3-5-8(9)7(6)2/h3-5,9H,1-2H3/i2+1,5+1,7+1,8+1. The van der Waals surface area contributed by atoms with Gasteiger partial charge in [-0.3, -0.25) is 0 Å². The van der Waals surface area contributed by atoms with E-state index in [1.165, 1.54) is 0 Å². The van der Waals surface area contributed by atoms with Gasteiger partial charge in [0.05, 0.1) is 0 Å². The van der Waals surface area contributed by atoms with E-state index in [2.05, 4.69) is 0 Å². The molecule has 0 aliphatic carbocycles. The van der Waals surface area contributed by atoms with Crippen molar-refractivity contribution in [2.24, 2.45) is 0 Å². The molecule has 0 radical (unpaired) electrons. The van der Waals surface area contributed by atoms with Gasteiger partial charge in [0.15, 0.2) is 0 Å². The van der Waals surface area contributed by atoms with E-state index < -0.39 is 0 Å². The van der Waals surface area contributed by atoms with Crippen molar-refractivity contribution < 1.29 is 5.11 Å². The summed E-state index contributed by atoms with van der Waals surface area (Å²) in [6, 6.07) is 5.52. The van der Waals surface area contributed by atoms with Crippen LogP contribution in [0.4, 0.5) is 0 Å². The van der Waals surface area contributed by atoms with Gasteiger partial charge in [-0.15, -0.1) is 0 Å². The number of hydrogen-bond acceptors (Lipinski definition) is 1. The van der Waals surface area contributed by atoms with Crippen molar-refractivity contribution in [2.45, 2.75) is 13.8 Å². The van der Waals surface area contributed by atoms with Gasteiger partial charge < -0.3 is 5.11 Å². The fourth-order valence-electron chi connectivity index (χ4n) is 0.736. The molecule has 0 saturated heterocycles. The summed E-state index contributed by atoms with van der Waals surface area (Å²) >= 11 is 0. The van der Waals surface area contributed by atoms with Crippen LogP contribution in [-0.2, 0) is 0 Å². The molecule has 0 spiro atoms. The first kappa shape index (κ1) is 6.14.